The molecule has 1 aliphatic heterocycles. The number of nitrogens with one attached hydrogen (secondary N) is 1. The summed E-state index contributed by atoms with van der Waals surface area (Å²) in [4.78, 5) is 4.56. The third-order valence-electron chi connectivity index (χ3n) is 5.30. The van der Waals surface area contributed by atoms with Crippen molar-refractivity contribution in [3.63, 3.8) is 0 Å². The maximum atomic E-state index is 13.7. The van der Waals surface area contributed by atoms with E-state index < -0.39 is 11.4 Å². The van der Waals surface area contributed by atoms with Gasteiger partial charge in [-0.1, -0.05) is 50.8 Å². The Hall–Kier alpha value is -1.50. The lowest BCUT2D eigenvalue weighted by Crippen LogP contribution is -2.29. The SMILES string of the molecule is CCCC(O)(CCN)c1ccc(Cl)cc1F.CCCCC1=NCCCCC/C(C)=N/N1. The first-order valence-corrected chi connectivity index (χ1v) is 11.9. The summed E-state index contributed by atoms with van der Waals surface area (Å²) in [5, 5.41) is 15.1. The second-order valence-corrected chi connectivity index (χ2v) is 8.58. The average Bonchev–Trinajstić information content (AvgIpc) is 2.72. The van der Waals surface area contributed by atoms with Gasteiger partial charge in [-0.25, -0.2) is 4.39 Å². The van der Waals surface area contributed by atoms with Gasteiger partial charge in [0.1, 0.15) is 11.7 Å². The number of nitrogens with two attached hydrogens (primary N) is 1. The van der Waals surface area contributed by atoms with Gasteiger partial charge in [0.05, 0.1) is 5.60 Å². The van der Waals surface area contributed by atoms with Crippen LogP contribution in [-0.4, -0.2) is 29.7 Å². The molecule has 1 aliphatic rings. The number of rotatable bonds is 8. The molecule has 0 aliphatic carbocycles. The number of benzene rings is 1. The summed E-state index contributed by atoms with van der Waals surface area (Å²) in [6.45, 7) is 7.51. The molecule has 0 saturated carbocycles. The fourth-order valence-corrected chi connectivity index (χ4v) is 3.69. The summed E-state index contributed by atoms with van der Waals surface area (Å²) in [6, 6.07) is 4.33. The molecule has 0 spiro atoms. The molecule has 5 nitrogen and oxygen atoms in total. The maximum absolute atomic E-state index is 13.7. The van der Waals surface area contributed by atoms with Crippen LogP contribution in [0.5, 0.6) is 0 Å². The molecule has 0 amide bonds. The molecule has 1 unspecified atom stereocenters. The lowest BCUT2D eigenvalue weighted by Gasteiger charge is -2.28. The Morgan fingerprint density at radius 3 is 2.61 bits per heavy atom. The van der Waals surface area contributed by atoms with Crippen LogP contribution in [0.25, 0.3) is 0 Å². The second kappa shape index (κ2) is 15.3. The van der Waals surface area contributed by atoms with Crippen LogP contribution in [0.2, 0.25) is 5.02 Å². The zero-order valence-electron chi connectivity index (χ0n) is 19.4. The first-order chi connectivity index (χ1) is 14.9. The molecule has 0 fully saturated rings. The second-order valence-electron chi connectivity index (χ2n) is 8.15. The molecule has 31 heavy (non-hydrogen) atoms. The minimum absolute atomic E-state index is 0.282. The van der Waals surface area contributed by atoms with E-state index in [1.807, 2.05) is 6.92 Å². The zero-order chi connectivity index (χ0) is 23.1. The molecule has 7 heteroatoms. The molecule has 0 radical (unpaired) electrons. The summed E-state index contributed by atoms with van der Waals surface area (Å²) in [6.07, 6.45) is 9.89. The van der Waals surface area contributed by atoms with Gasteiger partial charge in [0.25, 0.3) is 0 Å². The van der Waals surface area contributed by atoms with E-state index in [1.165, 1.54) is 49.9 Å². The molecule has 1 heterocycles. The molecule has 0 saturated heterocycles. The van der Waals surface area contributed by atoms with E-state index in [0.29, 0.717) is 24.4 Å². The van der Waals surface area contributed by atoms with E-state index >= 15 is 0 Å². The summed E-state index contributed by atoms with van der Waals surface area (Å²) in [7, 11) is 0. The zero-order valence-corrected chi connectivity index (χ0v) is 20.1. The topological polar surface area (TPSA) is 83.0 Å². The molecule has 4 N–H and O–H groups in total. The van der Waals surface area contributed by atoms with Crippen LogP contribution in [0.1, 0.15) is 90.5 Å². The Morgan fingerprint density at radius 1 is 1.19 bits per heavy atom. The van der Waals surface area contributed by atoms with Crippen LogP contribution in [0.3, 0.4) is 0 Å². The van der Waals surface area contributed by atoms with Crippen molar-refractivity contribution >= 4 is 23.1 Å². The lowest BCUT2D eigenvalue weighted by atomic mass is 9.86. The Morgan fingerprint density at radius 2 is 1.97 bits per heavy atom. The van der Waals surface area contributed by atoms with Gasteiger partial charge in [0.15, 0.2) is 0 Å². The Labute approximate surface area is 192 Å². The highest BCUT2D eigenvalue weighted by Crippen LogP contribution is 2.32. The number of unbranched alkanes of at least 4 members (excludes halogenated alkanes) is 1. The van der Waals surface area contributed by atoms with E-state index in [9.17, 15) is 9.50 Å². The van der Waals surface area contributed by atoms with Crippen LogP contribution in [0.4, 0.5) is 4.39 Å². The third kappa shape index (κ3) is 10.6. The van der Waals surface area contributed by atoms with Gasteiger partial charge in [-0.15, -0.1) is 0 Å². The molecule has 1 aromatic rings. The average molecular weight is 455 g/mol. The Bertz CT molecular complexity index is 703. The molecular formula is C24H40ClFN4O. The monoisotopic (exact) mass is 454 g/mol. The minimum atomic E-state index is -1.18. The van der Waals surface area contributed by atoms with Crippen LogP contribution in [0.15, 0.2) is 28.3 Å². The number of amidine groups is 1. The molecule has 0 aromatic heterocycles. The van der Waals surface area contributed by atoms with Gasteiger partial charge in [-0.2, -0.15) is 5.10 Å². The number of hydrogen-bond donors (Lipinski definition) is 3. The fourth-order valence-electron chi connectivity index (χ4n) is 3.53. The highest BCUT2D eigenvalue weighted by atomic mass is 35.5. The highest BCUT2D eigenvalue weighted by Gasteiger charge is 2.30. The van der Waals surface area contributed by atoms with Crippen molar-refractivity contribution in [3.05, 3.63) is 34.6 Å². The predicted molar refractivity (Wildman–Crippen MR) is 130 cm³/mol. The van der Waals surface area contributed by atoms with Gasteiger partial charge >= 0.3 is 0 Å². The van der Waals surface area contributed by atoms with Crippen molar-refractivity contribution in [2.75, 3.05) is 13.1 Å². The maximum Gasteiger partial charge on any atom is 0.130 e. The smallest absolute Gasteiger partial charge is 0.130 e. The Balaban J connectivity index is 0.000000311. The number of aliphatic hydroxyl groups is 1. The van der Waals surface area contributed by atoms with Crippen LogP contribution >= 0.6 is 11.6 Å². The Kier molecular flexibility index (Phi) is 13.6. The van der Waals surface area contributed by atoms with Crippen molar-refractivity contribution < 1.29 is 9.50 Å². The standard InChI is InChI=1S/C12H17ClFNO.C12H23N3/c1-2-5-12(16,6-7-15)10-4-3-9(13)8-11(10)14;1-3-4-9-12-13-10-7-5-6-8-11(2)14-15-12/h3-4,8,16H,2,5-7,15H2,1H3;3-10H2,1-2H3,(H,13,15)/b;14-11+. The summed E-state index contributed by atoms with van der Waals surface area (Å²) < 4.78 is 13.7. The number of nitrogens with zero attached hydrogens (tertiary/aromatic N) is 2. The van der Waals surface area contributed by atoms with Gasteiger partial charge in [-0.3, -0.25) is 10.4 Å². The van der Waals surface area contributed by atoms with Crippen molar-refractivity contribution in [2.45, 2.75) is 90.6 Å². The van der Waals surface area contributed by atoms with Gasteiger partial charge < -0.3 is 10.8 Å². The third-order valence-corrected chi connectivity index (χ3v) is 5.53. The normalized spacial score (nSPS) is 18.4. The van der Waals surface area contributed by atoms with Crippen molar-refractivity contribution in [1.82, 2.24) is 5.43 Å². The molecule has 2 rings (SSSR count). The summed E-state index contributed by atoms with van der Waals surface area (Å²) in [5.74, 6) is 0.593. The molecule has 1 aromatic carbocycles. The summed E-state index contributed by atoms with van der Waals surface area (Å²) in [5.41, 5.74) is 8.86. The molecule has 1 atom stereocenters. The first kappa shape index (κ1) is 27.5. The number of halogens is 2. The first-order valence-electron chi connectivity index (χ1n) is 11.6. The van der Waals surface area contributed by atoms with Gasteiger partial charge in [0, 0.05) is 29.3 Å². The van der Waals surface area contributed by atoms with Crippen LogP contribution in [-0.2, 0) is 5.60 Å². The molecular weight excluding hydrogens is 415 g/mol. The van der Waals surface area contributed by atoms with Crippen molar-refractivity contribution in [3.8, 4) is 0 Å². The minimum Gasteiger partial charge on any atom is -0.385 e. The summed E-state index contributed by atoms with van der Waals surface area (Å²) >= 11 is 5.67. The predicted octanol–water partition coefficient (Wildman–Crippen LogP) is 5.93. The van der Waals surface area contributed by atoms with E-state index in [-0.39, 0.29) is 5.56 Å². The van der Waals surface area contributed by atoms with E-state index in [0.717, 1.165) is 31.6 Å². The quantitative estimate of drug-likeness (QED) is 0.455. The lowest BCUT2D eigenvalue weighted by molar-refractivity contribution is 0.0168. The van der Waals surface area contributed by atoms with E-state index in [1.54, 1.807) is 6.07 Å². The molecule has 0 bridgehead atoms. The van der Waals surface area contributed by atoms with E-state index in [2.05, 4.69) is 29.4 Å². The number of hydrogen-bond acceptors (Lipinski definition) is 5. The van der Waals surface area contributed by atoms with Gasteiger partial charge in [0.2, 0.25) is 0 Å². The highest BCUT2D eigenvalue weighted by molar-refractivity contribution is 6.30. The number of aliphatic imine (C=N–C) groups is 1. The van der Waals surface area contributed by atoms with Crippen molar-refractivity contribution in [2.24, 2.45) is 15.8 Å². The number of hydrazone groups is 1. The molecule has 176 valence electrons. The van der Waals surface area contributed by atoms with Crippen LogP contribution < -0.4 is 11.2 Å². The fraction of sp³-hybridized carbons (Fsp3) is 0.667. The van der Waals surface area contributed by atoms with E-state index in [4.69, 9.17) is 17.3 Å². The van der Waals surface area contributed by atoms with Crippen LogP contribution in [0, 0.1) is 5.82 Å². The largest absolute Gasteiger partial charge is 0.385 e. The van der Waals surface area contributed by atoms with Gasteiger partial charge in [-0.05, 0) is 64.1 Å². The van der Waals surface area contributed by atoms with Crippen molar-refractivity contribution in [1.29, 1.82) is 0 Å².